The van der Waals surface area contributed by atoms with Gasteiger partial charge in [-0.2, -0.15) is 4.58 Å². The average molecular weight is 1070 g/mol. The lowest BCUT2D eigenvalue weighted by atomic mass is 9.75. The van der Waals surface area contributed by atoms with Gasteiger partial charge in [0.05, 0.1) is 43.4 Å². The van der Waals surface area contributed by atoms with Crippen LogP contribution in [0.15, 0.2) is 99.3 Å². The van der Waals surface area contributed by atoms with E-state index >= 15 is 0 Å². The molecule has 0 radical (unpaired) electrons. The number of rotatable bonds is 23. The number of hydrogen-bond acceptors (Lipinski definition) is 17. The van der Waals surface area contributed by atoms with Gasteiger partial charge >= 0.3 is 5.97 Å². The Labute approximate surface area is 418 Å². The summed E-state index contributed by atoms with van der Waals surface area (Å²) >= 11 is 0. The van der Waals surface area contributed by atoms with E-state index in [-0.39, 0.29) is 72.7 Å². The van der Waals surface area contributed by atoms with Crippen LogP contribution < -0.4 is 10.2 Å². The maximum atomic E-state index is 13.4. The monoisotopic (exact) mass is 1070 g/mol. The highest BCUT2D eigenvalue weighted by Gasteiger charge is 2.47. The maximum Gasteiger partial charge on any atom is 0.303 e. The van der Waals surface area contributed by atoms with Gasteiger partial charge in [0.2, 0.25) is 5.69 Å². The third-order valence-corrected chi connectivity index (χ3v) is 16.3. The standard InChI is InChI=1S/C48H57N3O17S4/c1-47(2)41(50(22-11-7-10-15-43(52)53)37-18-16-34-36(44(37)47)29-32(70(58,59)60)30-40(34)72(64,65)66)13-8-6-9-14-42-48(3,20-12-26-69(55,56)57)45-35-27-31(46(54)49-21-24-67-4)28-39(71(61,62)63)33(35)17-19-38(45)51(42)23-25-68-5/h6,8-9,13-14,16-19,27-30H,7,10-12,15,20-26H2,1-5H3,(H5-,49,52,53,54,55,56,57,58,59,60,61,62,63,64,65,66)/p-3. The number of aliphatic carboxylic acids is 1. The maximum absolute atomic E-state index is 13.4. The van der Waals surface area contributed by atoms with Crippen molar-refractivity contribution < 1.29 is 80.6 Å². The summed E-state index contributed by atoms with van der Waals surface area (Å²) in [6, 6.07) is 10.1. The average Bonchev–Trinajstić information content (AvgIpc) is 3.64. The Kier molecular flexibility index (Phi) is 16.8. The number of hydrogen-bond donors (Lipinski definition) is 2. The lowest BCUT2D eigenvalue weighted by Gasteiger charge is -2.31. The fourth-order valence-corrected chi connectivity index (χ4v) is 12.4. The Bertz CT molecular complexity index is 3420. The molecule has 0 aliphatic carbocycles. The first-order chi connectivity index (χ1) is 33.6. The molecule has 4 aromatic carbocycles. The Morgan fingerprint density at radius 2 is 1.38 bits per heavy atom. The quantitative estimate of drug-likeness (QED) is 0.0434. The van der Waals surface area contributed by atoms with Crippen LogP contribution in [0, 0.1) is 0 Å². The Morgan fingerprint density at radius 1 is 0.736 bits per heavy atom. The van der Waals surface area contributed by atoms with Crippen LogP contribution in [-0.4, -0.2) is 132 Å². The molecule has 2 N–H and O–H groups in total. The number of fused-ring (bicyclic) bond motifs is 6. The summed E-state index contributed by atoms with van der Waals surface area (Å²) in [6.07, 6.45) is 9.78. The van der Waals surface area contributed by atoms with Crippen LogP contribution in [0.2, 0.25) is 0 Å². The van der Waals surface area contributed by atoms with Crippen LogP contribution in [-0.2, 0) is 65.6 Å². The molecule has 0 bridgehead atoms. The summed E-state index contributed by atoms with van der Waals surface area (Å²) in [5.41, 5.74) is 0.729. The van der Waals surface area contributed by atoms with Crippen LogP contribution >= 0.6 is 0 Å². The van der Waals surface area contributed by atoms with E-state index in [1.165, 1.54) is 32.4 Å². The van der Waals surface area contributed by atoms with Gasteiger partial charge in [-0.1, -0.05) is 24.3 Å². The van der Waals surface area contributed by atoms with Crippen molar-refractivity contribution >= 4 is 91.0 Å². The zero-order valence-electron chi connectivity index (χ0n) is 40.0. The minimum atomic E-state index is -5.28. The first-order valence-corrected chi connectivity index (χ1v) is 28.4. The molecule has 390 valence electrons. The minimum Gasteiger partial charge on any atom is -0.748 e. The van der Waals surface area contributed by atoms with E-state index in [9.17, 15) is 66.6 Å². The van der Waals surface area contributed by atoms with Gasteiger partial charge in [0.15, 0.2) is 5.71 Å². The Balaban J connectivity index is 1.51. The number of unbranched alkanes of at least 4 members (excludes halogenated alkanes) is 2. The fraction of sp³-hybridized carbons (Fsp3) is 0.396. The fourth-order valence-electron chi connectivity index (χ4n) is 9.82. The molecule has 6 rings (SSSR count). The van der Waals surface area contributed by atoms with E-state index in [0.29, 0.717) is 65.8 Å². The third-order valence-electron chi connectivity index (χ3n) is 12.9. The van der Waals surface area contributed by atoms with Crippen LogP contribution in [0.4, 0.5) is 11.4 Å². The van der Waals surface area contributed by atoms with Crippen molar-refractivity contribution in [3.63, 3.8) is 0 Å². The molecule has 0 fully saturated rings. The normalized spacial score (nSPS) is 17.8. The number of allylic oxidation sites excluding steroid dienone is 6. The summed E-state index contributed by atoms with van der Waals surface area (Å²) in [4.78, 5) is 24.1. The molecule has 2 aliphatic rings. The van der Waals surface area contributed by atoms with Gasteiger partial charge in [0.1, 0.15) is 36.9 Å². The second kappa shape index (κ2) is 21.6. The molecule has 2 aliphatic heterocycles. The lowest BCUT2D eigenvalue weighted by molar-refractivity contribution is -0.438. The number of carbonyl (C=O) groups excluding carboxylic acids is 1. The topological polar surface area (TPSA) is 320 Å². The summed E-state index contributed by atoms with van der Waals surface area (Å²) in [7, 11) is -17.5. The smallest absolute Gasteiger partial charge is 0.303 e. The van der Waals surface area contributed by atoms with Crippen LogP contribution in [0.1, 0.15) is 80.8 Å². The number of nitrogens with one attached hydrogen (secondary N) is 1. The second-order valence-electron chi connectivity index (χ2n) is 18.1. The van der Waals surface area contributed by atoms with Crippen molar-refractivity contribution in [1.29, 1.82) is 0 Å². The van der Waals surface area contributed by atoms with E-state index in [1.807, 2.05) is 9.48 Å². The molecule has 72 heavy (non-hydrogen) atoms. The summed E-state index contributed by atoms with van der Waals surface area (Å²) in [5.74, 6) is -2.38. The zero-order valence-corrected chi connectivity index (χ0v) is 43.3. The van der Waals surface area contributed by atoms with E-state index in [1.54, 1.807) is 63.3 Å². The highest BCUT2D eigenvalue weighted by Crippen LogP contribution is 2.54. The summed E-state index contributed by atoms with van der Waals surface area (Å²) in [5, 5.41) is 12.0. The molecule has 0 spiro atoms. The van der Waals surface area contributed by atoms with Gasteiger partial charge in [-0.3, -0.25) is 9.59 Å². The highest BCUT2D eigenvalue weighted by atomic mass is 32.2. The minimum absolute atomic E-state index is 0.0134. The SMILES string of the molecule is COCCNC(=O)c1cc(S(=O)(=O)[O-])c2ccc3c(c2c1)C(C)(CCCS(=O)(=O)[O-])\C(=C/C=C/C=C/C1=[N+](CCCCCC(=O)O)c2ccc4c(S(=O)(=O)[O-])cc(S(=O)(=O)[O-])cc4c2C1(C)C)N3CCOC. The number of anilines is 1. The molecule has 1 amide bonds. The van der Waals surface area contributed by atoms with E-state index < -0.39 is 83.6 Å². The van der Waals surface area contributed by atoms with Crippen molar-refractivity contribution in [3.8, 4) is 0 Å². The van der Waals surface area contributed by atoms with E-state index in [4.69, 9.17) is 9.47 Å². The molecule has 0 saturated heterocycles. The molecular weight excluding hydrogens is 1020 g/mol. The predicted octanol–water partition coefficient (Wildman–Crippen LogP) is 4.85. The first kappa shape index (κ1) is 55.9. The summed E-state index contributed by atoms with van der Waals surface area (Å²) < 4.78 is 161. The number of carboxylic acids is 1. The molecule has 0 aromatic heterocycles. The first-order valence-electron chi connectivity index (χ1n) is 22.6. The number of carbonyl (C=O) groups is 2. The van der Waals surface area contributed by atoms with Crippen molar-refractivity contribution in [2.75, 3.05) is 57.7 Å². The number of nitrogens with zero attached hydrogens (tertiary/aromatic N) is 2. The molecular formula is C48H54N3O17S4-3. The summed E-state index contributed by atoms with van der Waals surface area (Å²) in [6.45, 7) is 6.29. The number of ether oxygens (including phenoxy) is 2. The molecule has 4 aromatic rings. The van der Waals surface area contributed by atoms with Crippen LogP contribution in [0.25, 0.3) is 21.5 Å². The number of benzene rings is 4. The molecule has 24 heteroatoms. The van der Waals surface area contributed by atoms with Gasteiger partial charge in [0.25, 0.3) is 5.91 Å². The van der Waals surface area contributed by atoms with Crippen LogP contribution in [0.5, 0.6) is 0 Å². The second-order valence-corrected chi connectivity index (χ2v) is 23.7. The van der Waals surface area contributed by atoms with Crippen LogP contribution in [0.3, 0.4) is 0 Å². The zero-order chi connectivity index (χ0) is 53.2. The van der Waals surface area contributed by atoms with Crippen molar-refractivity contribution in [1.82, 2.24) is 5.32 Å². The predicted molar refractivity (Wildman–Crippen MR) is 262 cm³/mol. The number of methoxy groups -OCH3 is 2. The van der Waals surface area contributed by atoms with Crippen molar-refractivity contribution in [2.45, 2.75) is 84.8 Å². The van der Waals surface area contributed by atoms with E-state index in [0.717, 1.165) is 12.1 Å². The molecule has 2 heterocycles. The largest absolute Gasteiger partial charge is 0.748 e. The molecule has 0 saturated carbocycles. The van der Waals surface area contributed by atoms with Crippen molar-refractivity contribution in [2.24, 2.45) is 0 Å². The van der Waals surface area contributed by atoms with E-state index in [2.05, 4.69) is 5.32 Å². The number of amides is 1. The number of carboxylic acid groups (broad SMARTS) is 1. The van der Waals surface area contributed by atoms with Gasteiger partial charge in [0, 0.05) is 91.4 Å². The Hall–Kier alpha value is -5.41. The molecule has 1 atom stereocenters. The van der Waals surface area contributed by atoms with Gasteiger partial charge in [-0.05, 0) is 111 Å². The van der Waals surface area contributed by atoms with Crippen molar-refractivity contribution in [3.05, 3.63) is 101 Å². The highest BCUT2D eigenvalue weighted by molar-refractivity contribution is 7.87. The molecule has 1 unspecified atom stereocenters. The lowest BCUT2D eigenvalue weighted by Crippen LogP contribution is -2.31. The van der Waals surface area contributed by atoms with Gasteiger partial charge in [-0.25, -0.2) is 33.7 Å². The molecule has 20 nitrogen and oxygen atoms in total. The van der Waals surface area contributed by atoms with Gasteiger partial charge in [-0.15, -0.1) is 0 Å². The Morgan fingerprint density at radius 3 is 1.99 bits per heavy atom. The third kappa shape index (κ3) is 12.0. The van der Waals surface area contributed by atoms with Gasteiger partial charge < -0.3 is 43.0 Å².